The van der Waals surface area contributed by atoms with E-state index in [1.807, 2.05) is 6.92 Å². The molecule has 188 valence electrons. The first-order valence-corrected chi connectivity index (χ1v) is 12.8. The van der Waals surface area contributed by atoms with E-state index < -0.39 is 17.7 Å². The number of hydrogen-bond acceptors (Lipinski definition) is 7. The zero-order valence-electron chi connectivity index (χ0n) is 19.7. The molecule has 0 radical (unpaired) electrons. The van der Waals surface area contributed by atoms with Crippen LogP contribution in [0, 0.1) is 0 Å². The first-order chi connectivity index (χ1) is 17.8. The molecule has 1 unspecified atom stereocenters. The molecule has 1 aliphatic rings. The molecule has 1 amide bonds. The number of amides is 1. The Balaban J connectivity index is 1.69. The van der Waals surface area contributed by atoms with Gasteiger partial charge in [0.05, 0.1) is 45.6 Å². The topological polar surface area (TPSA) is 89.0 Å². The molecule has 5 rings (SSSR count). The summed E-state index contributed by atoms with van der Waals surface area (Å²) in [6.45, 7) is 2.35. The van der Waals surface area contributed by atoms with Gasteiger partial charge in [-0.25, -0.2) is 4.98 Å². The van der Waals surface area contributed by atoms with Gasteiger partial charge in [0.15, 0.2) is 5.13 Å². The summed E-state index contributed by atoms with van der Waals surface area (Å²) in [5, 5.41) is 12.2. The summed E-state index contributed by atoms with van der Waals surface area (Å²) in [5.74, 6) is -0.705. The lowest BCUT2D eigenvalue weighted by Gasteiger charge is -2.23. The first kappa shape index (κ1) is 25.1. The molecule has 3 aromatic carbocycles. The number of anilines is 1. The standard InChI is InChI=1S/C27H20Cl2N2O5S/c1-3-36-16-7-4-14(5-8-16)24(32)22-23(15-6-10-18(28)19(29)12-15)31(26(34)25(22)33)27-30-20-11-9-17(35-2)13-21(20)37-27/h4-13,23,32H,3H2,1-2H3. The minimum atomic E-state index is -0.983. The highest BCUT2D eigenvalue weighted by Crippen LogP contribution is 2.45. The van der Waals surface area contributed by atoms with Crippen LogP contribution in [-0.2, 0) is 9.59 Å². The number of thiazole rings is 1. The zero-order chi connectivity index (χ0) is 26.3. The van der Waals surface area contributed by atoms with E-state index in [1.54, 1.807) is 67.8 Å². The van der Waals surface area contributed by atoms with Gasteiger partial charge in [0.1, 0.15) is 17.3 Å². The third-order valence-corrected chi connectivity index (χ3v) is 7.69. The Morgan fingerprint density at radius 1 is 1.03 bits per heavy atom. The van der Waals surface area contributed by atoms with Crippen LogP contribution in [0.5, 0.6) is 11.5 Å². The van der Waals surface area contributed by atoms with Crippen LogP contribution in [0.3, 0.4) is 0 Å². The minimum absolute atomic E-state index is 0.0793. The lowest BCUT2D eigenvalue weighted by Crippen LogP contribution is -2.29. The van der Waals surface area contributed by atoms with Gasteiger partial charge in [-0.2, -0.15) is 0 Å². The van der Waals surface area contributed by atoms with Crippen molar-refractivity contribution >= 4 is 67.3 Å². The smallest absolute Gasteiger partial charge is 0.301 e. The highest BCUT2D eigenvalue weighted by atomic mass is 35.5. The quantitative estimate of drug-likeness (QED) is 0.163. The molecule has 0 saturated carbocycles. The van der Waals surface area contributed by atoms with E-state index in [4.69, 9.17) is 32.7 Å². The molecule has 1 aromatic heterocycles. The third kappa shape index (κ3) is 4.52. The van der Waals surface area contributed by atoms with E-state index in [2.05, 4.69) is 4.98 Å². The van der Waals surface area contributed by atoms with Crippen LogP contribution in [0.1, 0.15) is 24.1 Å². The molecule has 1 saturated heterocycles. The minimum Gasteiger partial charge on any atom is -0.507 e. The van der Waals surface area contributed by atoms with E-state index in [0.29, 0.717) is 44.9 Å². The fourth-order valence-electron chi connectivity index (χ4n) is 4.18. The first-order valence-electron chi connectivity index (χ1n) is 11.3. The number of halogens is 2. The third-order valence-electron chi connectivity index (χ3n) is 5.93. The van der Waals surface area contributed by atoms with Gasteiger partial charge in [-0.15, -0.1) is 0 Å². The SMILES string of the molecule is CCOc1ccc(C(O)=C2C(=O)C(=O)N(c3nc4ccc(OC)cc4s3)C2c2ccc(Cl)c(Cl)c2)cc1. The van der Waals surface area contributed by atoms with Crippen molar-refractivity contribution in [3.05, 3.63) is 87.4 Å². The number of aliphatic hydroxyl groups excluding tert-OH is 1. The second-order valence-corrected chi connectivity index (χ2v) is 9.95. The van der Waals surface area contributed by atoms with E-state index in [1.165, 1.54) is 16.2 Å². The number of benzene rings is 3. The summed E-state index contributed by atoms with van der Waals surface area (Å²) in [6.07, 6.45) is 0. The maximum Gasteiger partial charge on any atom is 0.301 e. The summed E-state index contributed by atoms with van der Waals surface area (Å²) in [6, 6.07) is 15.8. The van der Waals surface area contributed by atoms with Gasteiger partial charge >= 0.3 is 5.91 Å². The van der Waals surface area contributed by atoms with Crippen LogP contribution < -0.4 is 14.4 Å². The number of aromatic nitrogens is 1. The second kappa shape index (κ2) is 10.0. The Morgan fingerprint density at radius 3 is 2.43 bits per heavy atom. The summed E-state index contributed by atoms with van der Waals surface area (Å²) < 4.78 is 11.5. The van der Waals surface area contributed by atoms with Crippen molar-refractivity contribution in [2.45, 2.75) is 13.0 Å². The molecule has 7 nitrogen and oxygen atoms in total. The fraction of sp³-hybridized carbons (Fsp3) is 0.148. The normalized spacial score (nSPS) is 17.0. The average molecular weight is 555 g/mol. The molecule has 2 heterocycles. The molecule has 4 aromatic rings. The molecule has 1 aliphatic heterocycles. The summed E-state index contributed by atoms with van der Waals surface area (Å²) in [5.41, 5.74) is 1.42. The number of fused-ring (bicyclic) bond motifs is 1. The van der Waals surface area contributed by atoms with Gasteiger partial charge in [-0.05, 0) is 67.1 Å². The number of aliphatic hydroxyl groups is 1. The van der Waals surface area contributed by atoms with Gasteiger partial charge in [0.25, 0.3) is 5.78 Å². The Labute approximate surface area is 226 Å². The highest BCUT2D eigenvalue weighted by Gasteiger charge is 2.48. The van der Waals surface area contributed by atoms with Crippen molar-refractivity contribution in [2.24, 2.45) is 0 Å². The van der Waals surface area contributed by atoms with E-state index in [-0.39, 0.29) is 16.4 Å². The summed E-state index contributed by atoms with van der Waals surface area (Å²) in [4.78, 5) is 32.7. The van der Waals surface area contributed by atoms with Crippen LogP contribution in [0.25, 0.3) is 16.0 Å². The average Bonchev–Trinajstić information content (AvgIpc) is 3.43. The lowest BCUT2D eigenvalue weighted by atomic mass is 9.95. The molecular weight excluding hydrogens is 535 g/mol. The monoisotopic (exact) mass is 554 g/mol. The molecular formula is C27H20Cl2N2O5S. The number of rotatable bonds is 6. The van der Waals surface area contributed by atoms with Gasteiger partial charge in [-0.1, -0.05) is 40.6 Å². The van der Waals surface area contributed by atoms with Crippen LogP contribution in [0.15, 0.2) is 66.2 Å². The molecule has 10 heteroatoms. The van der Waals surface area contributed by atoms with Crippen molar-refractivity contribution in [2.75, 3.05) is 18.6 Å². The van der Waals surface area contributed by atoms with Crippen LogP contribution >= 0.6 is 34.5 Å². The molecule has 37 heavy (non-hydrogen) atoms. The number of carbonyl (C=O) groups is 2. The van der Waals surface area contributed by atoms with Gasteiger partial charge < -0.3 is 14.6 Å². The maximum atomic E-state index is 13.4. The van der Waals surface area contributed by atoms with Gasteiger partial charge in [0, 0.05) is 5.56 Å². The predicted octanol–water partition coefficient (Wildman–Crippen LogP) is 6.64. The molecule has 1 atom stereocenters. The molecule has 1 N–H and O–H groups in total. The highest BCUT2D eigenvalue weighted by molar-refractivity contribution is 7.22. The number of Topliss-reactive ketones (excluding diaryl/α,β-unsaturated/α-hetero) is 1. The Bertz CT molecular complexity index is 1570. The zero-order valence-corrected chi connectivity index (χ0v) is 22.0. The summed E-state index contributed by atoms with van der Waals surface area (Å²) >= 11 is 13.7. The molecule has 0 spiro atoms. The Morgan fingerprint density at radius 2 is 1.76 bits per heavy atom. The number of hydrogen-bond donors (Lipinski definition) is 1. The molecule has 0 bridgehead atoms. The lowest BCUT2D eigenvalue weighted by molar-refractivity contribution is -0.132. The summed E-state index contributed by atoms with van der Waals surface area (Å²) in [7, 11) is 1.56. The van der Waals surface area contributed by atoms with Crippen LogP contribution in [0.2, 0.25) is 10.0 Å². The number of carbonyl (C=O) groups excluding carboxylic acids is 2. The number of ether oxygens (including phenoxy) is 2. The largest absolute Gasteiger partial charge is 0.507 e. The van der Waals surface area contributed by atoms with Crippen LogP contribution in [0.4, 0.5) is 5.13 Å². The van der Waals surface area contributed by atoms with E-state index in [9.17, 15) is 14.7 Å². The fourth-order valence-corrected chi connectivity index (χ4v) is 5.51. The van der Waals surface area contributed by atoms with Gasteiger partial charge in [0.2, 0.25) is 0 Å². The van der Waals surface area contributed by atoms with Crippen molar-refractivity contribution in [3.8, 4) is 11.5 Å². The predicted molar refractivity (Wildman–Crippen MR) is 145 cm³/mol. The second-order valence-electron chi connectivity index (χ2n) is 8.13. The van der Waals surface area contributed by atoms with E-state index in [0.717, 1.165) is 4.70 Å². The molecule has 1 fully saturated rings. The number of methoxy groups -OCH3 is 1. The van der Waals surface area contributed by atoms with Gasteiger partial charge in [-0.3, -0.25) is 14.5 Å². The van der Waals surface area contributed by atoms with Crippen molar-refractivity contribution in [1.29, 1.82) is 0 Å². The Hall–Kier alpha value is -3.59. The van der Waals surface area contributed by atoms with Crippen molar-refractivity contribution in [3.63, 3.8) is 0 Å². The number of ketones is 1. The van der Waals surface area contributed by atoms with Crippen LogP contribution in [-0.4, -0.2) is 35.5 Å². The van der Waals surface area contributed by atoms with E-state index >= 15 is 0 Å². The van der Waals surface area contributed by atoms with Crippen molar-refractivity contribution in [1.82, 2.24) is 4.98 Å². The maximum absolute atomic E-state index is 13.4. The molecule has 0 aliphatic carbocycles. The Kier molecular flexibility index (Phi) is 6.81. The number of nitrogens with zero attached hydrogens (tertiary/aromatic N) is 2. The van der Waals surface area contributed by atoms with Crippen molar-refractivity contribution < 1.29 is 24.2 Å².